The first-order valence-corrected chi connectivity index (χ1v) is 4.53. The maximum atomic E-state index is 13.6. The molecule has 2 rings (SSSR count). The van der Waals surface area contributed by atoms with Crippen molar-refractivity contribution in [2.24, 2.45) is 5.92 Å². The molecule has 2 heterocycles. The van der Waals surface area contributed by atoms with Gasteiger partial charge in [0.05, 0.1) is 0 Å². The van der Waals surface area contributed by atoms with Crippen molar-refractivity contribution < 1.29 is 4.39 Å². The maximum Gasteiger partial charge on any atom is 0.120 e. The minimum absolute atomic E-state index is 0.192. The third kappa shape index (κ3) is 0.994. The van der Waals surface area contributed by atoms with Crippen molar-refractivity contribution in [3.05, 3.63) is 0 Å². The molecule has 11 heavy (non-hydrogen) atoms. The highest BCUT2D eigenvalue weighted by molar-refractivity contribution is 5.05. The number of hydrogen-bond acceptors (Lipinski definition) is 1. The van der Waals surface area contributed by atoms with Gasteiger partial charge in [-0.25, -0.2) is 4.39 Å². The summed E-state index contributed by atoms with van der Waals surface area (Å²) in [7, 11) is 0. The molecule has 0 aromatic carbocycles. The summed E-state index contributed by atoms with van der Waals surface area (Å²) in [6.07, 6.45) is 2.57. The number of fused-ring (bicyclic) bond motifs is 2. The molecule has 2 bridgehead atoms. The Hall–Kier alpha value is -0.110. The van der Waals surface area contributed by atoms with Crippen molar-refractivity contribution >= 4 is 0 Å². The number of piperidine rings is 1. The van der Waals surface area contributed by atoms with Crippen LogP contribution in [0.3, 0.4) is 0 Å². The molecule has 1 nitrogen and oxygen atoms in total. The van der Waals surface area contributed by atoms with E-state index in [1.165, 1.54) is 6.42 Å². The van der Waals surface area contributed by atoms with Crippen molar-refractivity contribution in [1.29, 1.82) is 0 Å². The summed E-state index contributed by atoms with van der Waals surface area (Å²) in [5, 5.41) is 3.37. The van der Waals surface area contributed by atoms with Gasteiger partial charge in [-0.05, 0) is 32.1 Å². The van der Waals surface area contributed by atoms with Crippen LogP contribution in [0.25, 0.3) is 0 Å². The van der Waals surface area contributed by atoms with Crippen LogP contribution < -0.4 is 5.32 Å². The summed E-state index contributed by atoms with van der Waals surface area (Å²) in [6, 6.07) is 0.599. The van der Waals surface area contributed by atoms with Crippen molar-refractivity contribution in [2.45, 2.75) is 50.9 Å². The highest BCUT2D eigenvalue weighted by Crippen LogP contribution is 2.40. The predicted molar refractivity (Wildman–Crippen MR) is 43.2 cm³/mol. The molecule has 2 unspecified atom stereocenters. The molecular formula is C9H16FN. The topological polar surface area (TPSA) is 12.0 Å². The summed E-state index contributed by atoms with van der Waals surface area (Å²) >= 11 is 0. The summed E-state index contributed by atoms with van der Waals surface area (Å²) in [5.74, 6) is 0.258. The highest BCUT2D eigenvalue weighted by atomic mass is 19.1. The van der Waals surface area contributed by atoms with Crippen LogP contribution in [0, 0.1) is 5.92 Å². The first kappa shape index (κ1) is 7.53. The van der Waals surface area contributed by atoms with E-state index in [0.717, 1.165) is 12.8 Å². The Morgan fingerprint density at radius 1 is 1.55 bits per heavy atom. The van der Waals surface area contributed by atoms with Gasteiger partial charge >= 0.3 is 0 Å². The van der Waals surface area contributed by atoms with E-state index in [4.69, 9.17) is 0 Å². The lowest BCUT2D eigenvalue weighted by molar-refractivity contribution is 0.0847. The van der Waals surface area contributed by atoms with Crippen LogP contribution in [0.15, 0.2) is 0 Å². The lowest BCUT2D eigenvalue weighted by atomic mass is 9.84. The fourth-order valence-corrected chi connectivity index (χ4v) is 2.68. The first-order valence-electron chi connectivity index (χ1n) is 4.53. The Bertz CT molecular complexity index is 171. The highest BCUT2D eigenvalue weighted by Gasteiger charge is 2.48. The van der Waals surface area contributed by atoms with Crippen molar-refractivity contribution in [1.82, 2.24) is 5.32 Å². The largest absolute Gasteiger partial charge is 0.306 e. The second-order valence-corrected chi connectivity index (χ2v) is 4.41. The normalized spacial score (nSPS) is 56.5. The van der Waals surface area contributed by atoms with Gasteiger partial charge in [0.1, 0.15) is 6.17 Å². The molecule has 0 aliphatic carbocycles. The lowest BCUT2D eigenvalue weighted by Gasteiger charge is -2.38. The fraction of sp³-hybridized carbons (Fsp3) is 1.00. The zero-order chi connectivity index (χ0) is 8.06. The van der Waals surface area contributed by atoms with Gasteiger partial charge in [0.2, 0.25) is 0 Å². The van der Waals surface area contributed by atoms with Gasteiger partial charge in [0.15, 0.2) is 0 Å². The molecule has 64 valence electrons. The van der Waals surface area contributed by atoms with Crippen molar-refractivity contribution in [3.8, 4) is 0 Å². The number of rotatable bonds is 0. The van der Waals surface area contributed by atoms with E-state index in [-0.39, 0.29) is 11.5 Å². The van der Waals surface area contributed by atoms with Crippen LogP contribution in [0.2, 0.25) is 0 Å². The molecule has 2 fully saturated rings. The number of nitrogens with one attached hydrogen (secondary N) is 1. The smallest absolute Gasteiger partial charge is 0.120 e. The molecule has 0 aromatic rings. The molecule has 0 radical (unpaired) electrons. The summed E-state index contributed by atoms with van der Waals surface area (Å²) in [5.41, 5.74) is -0.192. The molecule has 2 aliphatic rings. The molecule has 2 heteroatoms. The molecule has 0 saturated carbocycles. The standard InChI is InChI=1S/C9H16FN/c1-6-5-7-3-4-9(2,11-7)8(6)10/h6-8,11H,3-5H2,1-2H3/t6?,7?,8-,9+/m0/s1. The van der Waals surface area contributed by atoms with E-state index in [0.29, 0.717) is 6.04 Å². The van der Waals surface area contributed by atoms with Crippen molar-refractivity contribution in [3.63, 3.8) is 0 Å². The second kappa shape index (κ2) is 2.19. The van der Waals surface area contributed by atoms with Gasteiger partial charge in [-0.15, -0.1) is 0 Å². The van der Waals surface area contributed by atoms with Gasteiger partial charge in [0.25, 0.3) is 0 Å². The summed E-state index contributed by atoms with van der Waals surface area (Å²) in [4.78, 5) is 0. The van der Waals surface area contributed by atoms with E-state index in [1.54, 1.807) is 0 Å². The molecule has 2 aliphatic heterocycles. The molecule has 0 spiro atoms. The lowest BCUT2D eigenvalue weighted by Crippen LogP contribution is -2.55. The van der Waals surface area contributed by atoms with Gasteiger partial charge in [-0.3, -0.25) is 0 Å². The van der Waals surface area contributed by atoms with Gasteiger partial charge in [0, 0.05) is 11.6 Å². The molecule has 4 atom stereocenters. The first-order chi connectivity index (χ1) is 5.12. The third-order valence-corrected chi connectivity index (χ3v) is 3.31. The van der Waals surface area contributed by atoms with Crippen molar-refractivity contribution in [2.75, 3.05) is 0 Å². The Morgan fingerprint density at radius 3 is 3.00 bits per heavy atom. The zero-order valence-electron chi connectivity index (χ0n) is 7.23. The van der Waals surface area contributed by atoms with E-state index >= 15 is 0 Å². The average molecular weight is 157 g/mol. The number of halogens is 1. The minimum Gasteiger partial charge on any atom is -0.306 e. The van der Waals surface area contributed by atoms with Crippen LogP contribution in [-0.4, -0.2) is 17.8 Å². The zero-order valence-corrected chi connectivity index (χ0v) is 7.23. The third-order valence-electron chi connectivity index (χ3n) is 3.31. The van der Waals surface area contributed by atoms with E-state index in [1.807, 2.05) is 13.8 Å². The molecule has 1 N–H and O–H groups in total. The average Bonchev–Trinajstić information content (AvgIpc) is 2.27. The number of alkyl halides is 1. The Labute approximate surface area is 67.4 Å². The molecular weight excluding hydrogens is 141 g/mol. The predicted octanol–water partition coefficient (Wildman–Crippen LogP) is 1.87. The number of hydrogen-bond donors (Lipinski definition) is 1. The van der Waals surface area contributed by atoms with E-state index in [2.05, 4.69) is 5.32 Å². The molecule has 2 saturated heterocycles. The fourth-order valence-electron chi connectivity index (χ4n) is 2.68. The van der Waals surface area contributed by atoms with Crippen LogP contribution >= 0.6 is 0 Å². The van der Waals surface area contributed by atoms with Crippen LogP contribution in [0.4, 0.5) is 4.39 Å². The van der Waals surface area contributed by atoms with E-state index < -0.39 is 6.17 Å². The SMILES string of the molecule is CC1CC2CC[C@@](C)(N2)[C@H]1F. The summed E-state index contributed by atoms with van der Waals surface area (Å²) in [6.45, 7) is 4.05. The van der Waals surface area contributed by atoms with Crippen LogP contribution in [0.1, 0.15) is 33.1 Å². The Morgan fingerprint density at radius 2 is 2.27 bits per heavy atom. The minimum atomic E-state index is -0.638. The maximum absolute atomic E-state index is 13.6. The molecule has 0 aromatic heterocycles. The summed E-state index contributed by atoms with van der Waals surface area (Å²) < 4.78 is 13.6. The Kier molecular flexibility index (Phi) is 1.50. The van der Waals surface area contributed by atoms with Gasteiger partial charge in [-0.2, -0.15) is 0 Å². The Balaban J connectivity index is 2.21. The quantitative estimate of drug-likeness (QED) is 0.566. The second-order valence-electron chi connectivity index (χ2n) is 4.41. The molecule has 0 amide bonds. The van der Waals surface area contributed by atoms with Gasteiger partial charge in [-0.1, -0.05) is 6.92 Å². The van der Waals surface area contributed by atoms with Gasteiger partial charge < -0.3 is 5.32 Å². The van der Waals surface area contributed by atoms with Crippen LogP contribution in [-0.2, 0) is 0 Å². The monoisotopic (exact) mass is 157 g/mol. The van der Waals surface area contributed by atoms with Crippen LogP contribution in [0.5, 0.6) is 0 Å². The van der Waals surface area contributed by atoms with E-state index in [9.17, 15) is 4.39 Å².